The standard InChI is InChI=1S/C19H21Cl3N2O/c1-11(2)18(13-5-7-14(20)8-6-13)23-10-16(25)24-19-15(21)9-4-12(3)17(19)22/h4-9,11,18,23H,10H2,1-3H3,(H,24,25). The quantitative estimate of drug-likeness (QED) is 0.636. The number of benzene rings is 2. The highest BCUT2D eigenvalue weighted by atomic mass is 35.5. The Balaban J connectivity index is 2.05. The fourth-order valence-corrected chi connectivity index (χ4v) is 3.16. The lowest BCUT2D eigenvalue weighted by Gasteiger charge is -2.23. The van der Waals surface area contributed by atoms with Crippen molar-refractivity contribution in [3.8, 4) is 0 Å². The first-order valence-electron chi connectivity index (χ1n) is 8.03. The zero-order valence-electron chi connectivity index (χ0n) is 14.4. The maximum atomic E-state index is 12.3. The fraction of sp³-hybridized carbons (Fsp3) is 0.316. The average molecular weight is 400 g/mol. The number of carbonyl (C=O) groups is 1. The van der Waals surface area contributed by atoms with Crippen LogP contribution < -0.4 is 10.6 Å². The Labute approximate surface area is 163 Å². The van der Waals surface area contributed by atoms with Crippen molar-refractivity contribution < 1.29 is 4.79 Å². The monoisotopic (exact) mass is 398 g/mol. The second-order valence-corrected chi connectivity index (χ2v) is 7.48. The number of carbonyl (C=O) groups excluding carboxylic acids is 1. The minimum Gasteiger partial charge on any atom is -0.322 e. The third-order valence-electron chi connectivity index (χ3n) is 3.93. The van der Waals surface area contributed by atoms with Gasteiger partial charge < -0.3 is 10.6 Å². The van der Waals surface area contributed by atoms with Crippen LogP contribution in [0.2, 0.25) is 15.1 Å². The van der Waals surface area contributed by atoms with Crippen molar-refractivity contribution in [2.75, 3.05) is 11.9 Å². The Hall–Kier alpha value is -1.26. The topological polar surface area (TPSA) is 41.1 Å². The number of nitrogens with one attached hydrogen (secondary N) is 2. The van der Waals surface area contributed by atoms with Crippen LogP contribution in [0.25, 0.3) is 0 Å². The summed E-state index contributed by atoms with van der Waals surface area (Å²) in [5.74, 6) is 0.106. The maximum Gasteiger partial charge on any atom is 0.238 e. The van der Waals surface area contributed by atoms with Crippen LogP contribution in [0.5, 0.6) is 0 Å². The van der Waals surface area contributed by atoms with E-state index in [0.29, 0.717) is 26.7 Å². The fourth-order valence-electron chi connectivity index (χ4n) is 2.57. The molecule has 2 aromatic carbocycles. The smallest absolute Gasteiger partial charge is 0.238 e. The van der Waals surface area contributed by atoms with Crippen LogP contribution in [0.3, 0.4) is 0 Å². The molecule has 1 unspecified atom stereocenters. The zero-order valence-corrected chi connectivity index (χ0v) is 16.6. The van der Waals surface area contributed by atoms with Crippen molar-refractivity contribution in [2.24, 2.45) is 5.92 Å². The van der Waals surface area contributed by atoms with Gasteiger partial charge in [-0.25, -0.2) is 0 Å². The van der Waals surface area contributed by atoms with E-state index in [4.69, 9.17) is 34.8 Å². The first-order chi connectivity index (χ1) is 11.8. The number of hydrogen-bond donors (Lipinski definition) is 2. The van der Waals surface area contributed by atoms with E-state index in [2.05, 4.69) is 24.5 Å². The molecule has 25 heavy (non-hydrogen) atoms. The van der Waals surface area contributed by atoms with Crippen molar-refractivity contribution in [1.29, 1.82) is 0 Å². The van der Waals surface area contributed by atoms with Gasteiger partial charge in [0.25, 0.3) is 0 Å². The van der Waals surface area contributed by atoms with Gasteiger partial charge in [-0.15, -0.1) is 0 Å². The average Bonchev–Trinajstić information content (AvgIpc) is 2.56. The summed E-state index contributed by atoms with van der Waals surface area (Å²) in [5.41, 5.74) is 2.39. The molecule has 1 amide bonds. The second kappa shape index (κ2) is 8.91. The molecular formula is C19H21Cl3N2O. The summed E-state index contributed by atoms with van der Waals surface area (Å²) in [6, 6.07) is 11.2. The Morgan fingerprint density at radius 3 is 2.28 bits per heavy atom. The first-order valence-corrected chi connectivity index (χ1v) is 9.16. The minimum atomic E-state index is -0.200. The molecule has 0 saturated carbocycles. The van der Waals surface area contributed by atoms with Gasteiger partial charge >= 0.3 is 0 Å². The SMILES string of the molecule is Cc1ccc(Cl)c(NC(=O)CNC(c2ccc(Cl)cc2)C(C)C)c1Cl. The van der Waals surface area contributed by atoms with Crippen LogP contribution in [0.1, 0.15) is 31.0 Å². The summed E-state index contributed by atoms with van der Waals surface area (Å²) in [4.78, 5) is 12.3. The first kappa shape index (κ1) is 20.1. The predicted octanol–water partition coefficient (Wildman–Crippen LogP) is 5.88. The van der Waals surface area contributed by atoms with E-state index >= 15 is 0 Å². The van der Waals surface area contributed by atoms with Gasteiger partial charge in [-0.3, -0.25) is 4.79 Å². The number of halogens is 3. The largest absolute Gasteiger partial charge is 0.322 e. The minimum absolute atomic E-state index is 0.0338. The molecule has 0 saturated heterocycles. The molecule has 0 fully saturated rings. The van der Waals surface area contributed by atoms with Crippen molar-refractivity contribution in [1.82, 2.24) is 5.32 Å². The lowest BCUT2D eigenvalue weighted by atomic mass is 9.96. The van der Waals surface area contributed by atoms with E-state index in [0.717, 1.165) is 11.1 Å². The number of amides is 1. The van der Waals surface area contributed by atoms with Crippen molar-refractivity contribution in [3.63, 3.8) is 0 Å². The molecule has 1 atom stereocenters. The van der Waals surface area contributed by atoms with Gasteiger partial charge in [0.2, 0.25) is 5.91 Å². The van der Waals surface area contributed by atoms with Gasteiger partial charge in [0.15, 0.2) is 0 Å². The lowest BCUT2D eigenvalue weighted by Crippen LogP contribution is -2.33. The normalized spacial score (nSPS) is 12.3. The van der Waals surface area contributed by atoms with E-state index in [9.17, 15) is 4.79 Å². The summed E-state index contributed by atoms with van der Waals surface area (Å²) in [6.07, 6.45) is 0. The molecule has 3 nitrogen and oxygen atoms in total. The molecule has 134 valence electrons. The van der Waals surface area contributed by atoms with E-state index < -0.39 is 0 Å². The molecule has 0 aromatic heterocycles. The molecule has 0 aliphatic heterocycles. The molecule has 0 bridgehead atoms. The molecule has 0 radical (unpaired) electrons. The van der Waals surface area contributed by atoms with Gasteiger partial charge in [0.1, 0.15) is 0 Å². The molecule has 2 aromatic rings. The summed E-state index contributed by atoms with van der Waals surface area (Å²) < 4.78 is 0. The summed E-state index contributed by atoms with van der Waals surface area (Å²) in [5, 5.41) is 7.64. The maximum absolute atomic E-state index is 12.3. The van der Waals surface area contributed by atoms with E-state index in [1.54, 1.807) is 6.07 Å². The van der Waals surface area contributed by atoms with Crippen LogP contribution in [0.15, 0.2) is 36.4 Å². The van der Waals surface area contributed by atoms with Crippen LogP contribution >= 0.6 is 34.8 Å². The van der Waals surface area contributed by atoms with E-state index in [1.807, 2.05) is 37.3 Å². The molecule has 2 N–H and O–H groups in total. The highest BCUT2D eigenvalue weighted by Crippen LogP contribution is 2.32. The third-order valence-corrected chi connectivity index (χ3v) is 4.98. The number of aryl methyl sites for hydroxylation is 1. The molecule has 0 aliphatic rings. The molecular weight excluding hydrogens is 379 g/mol. The van der Waals surface area contributed by atoms with Gasteiger partial charge in [-0.05, 0) is 42.2 Å². The van der Waals surface area contributed by atoms with Gasteiger partial charge in [-0.2, -0.15) is 0 Å². The number of hydrogen-bond acceptors (Lipinski definition) is 2. The summed E-state index contributed by atoms with van der Waals surface area (Å²) >= 11 is 18.3. The van der Waals surface area contributed by atoms with Gasteiger partial charge in [0.05, 0.1) is 22.3 Å². The van der Waals surface area contributed by atoms with Crippen LogP contribution in [-0.2, 0) is 4.79 Å². The van der Waals surface area contributed by atoms with Crippen molar-refractivity contribution >= 4 is 46.4 Å². The number of anilines is 1. The highest BCUT2D eigenvalue weighted by molar-refractivity contribution is 6.40. The highest BCUT2D eigenvalue weighted by Gasteiger charge is 2.18. The zero-order chi connectivity index (χ0) is 18.6. The Bertz CT molecular complexity index is 745. The molecule has 0 aliphatic carbocycles. The van der Waals surface area contributed by atoms with E-state index in [-0.39, 0.29) is 18.5 Å². The Morgan fingerprint density at radius 1 is 1.04 bits per heavy atom. The van der Waals surface area contributed by atoms with E-state index in [1.165, 1.54) is 0 Å². The Morgan fingerprint density at radius 2 is 1.68 bits per heavy atom. The third kappa shape index (κ3) is 5.35. The molecule has 2 rings (SSSR count). The molecule has 6 heteroatoms. The van der Waals surface area contributed by atoms with Crippen molar-refractivity contribution in [3.05, 3.63) is 62.6 Å². The lowest BCUT2D eigenvalue weighted by molar-refractivity contribution is -0.115. The number of rotatable bonds is 6. The molecule has 0 spiro atoms. The summed E-state index contributed by atoms with van der Waals surface area (Å²) in [6.45, 7) is 6.20. The van der Waals surface area contributed by atoms with Gasteiger partial charge in [-0.1, -0.05) is 66.8 Å². The van der Waals surface area contributed by atoms with Crippen molar-refractivity contribution in [2.45, 2.75) is 26.8 Å². The Kier molecular flexibility index (Phi) is 7.14. The second-order valence-electron chi connectivity index (χ2n) is 6.26. The predicted molar refractivity (Wildman–Crippen MR) is 107 cm³/mol. The van der Waals surface area contributed by atoms with Gasteiger partial charge in [0, 0.05) is 11.1 Å². The van der Waals surface area contributed by atoms with Crippen LogP contribution in [-0.4, -0.2) is 12.5 Å². The van der Waals surface area contributed by atoms with Crippen LogP contribution in [0, 0.1) is 12.8 Å². The molecule has 0 heterocycles. The summed E-state index contributed by atoms with van der Waals surface area (Å²) in [7, 11) is 0. The van der Waals surface area contributed by atoms with Crippen LogP contribution in [0.4, 0.5) is 5.69 Å².